The van der Waals surface area contributed by atoms with Crippen molar-refractivity contribution in [3.8, 4) is 17.2 Å². The van der Waals surface area contributed by atoms with Crippen LogP contribution in [0.25, 0.3) is 16.0 Å². The molecule has 0 spiro atoms. The molecule has 3 aromatic carbocycles. The number of nitrogens with zero attached hydrogens (tertiary/aromatic N) is 2. The molecule has 1 amide bonds. The van der Waals surface area contributed by atoms with E-state index < -0.39 is 17.7 Å². The fraction of sp³-hybridized carbons (Fsp3) is 0.281. The maximum atomic E-state index is 13.7. The average molecular weight is 573 g/mol. The molecule has 0 radical (unpaired) electrons. The van der Waals surface area contributed by atoms with Crippen molar-refractivity contribution < 1.29 is 28.9 Å². The number of ketones is 1. The molecule has 4 aromatic rings. The molecule has 1 N–H and O–H groups in total. The molecule has 0 saturated carbocycles. The van der Waals surface area contributed by atoms with Crippen LogP contribution in [0.5, 0.6) is 17.2 Å². The van der Waals surface area contributed by atoms with Crippen LogP contribution in [-0.2, 0) is 9.59 Å². The maximum Gasteiger partial charge on any atom is 0.301 e. The third-order valence-electron chi connectivity index (χ3n) is 7.07. The monoisotopic (exact) mass is 572 g/mol. The standard InChI is InChI=1S/C32H32N2O6S/c1-6-7-13-40-22-10-8-9-21(16-22)29(35)26-28(20-11-12-23(38-4)24(17-20)39-5)34(31(37)30(26)36)32-33-27-19(3)14-18(2)15-25(27)41-32/h8-12,14-17,28,35H,6-7,13H2,1-5H3. The van der Waals surface area contributed by atoms with E-state index in [0.717, 1.165) is 34.2 Å². The van der Waals surface area contributed by atoms with Crippen LogP contribution in [0.3, 0.4) is 0 Å². The second kappa shape index (κ2) is 11.6. The van der Waals surface area contributed by atoms with Gasteiger partial charge in [0.05, 0.1) is 42.7 Å². The molecular formula is C32H32N2O6S. The van der Waals surface area contributed by atoms with E-state index >= 15 is 0 Å². The first-order valence-corrected chi connectivity index (χ1v) is 14.2. The minimum absolute atomic E-state index is 0.0416. The molecule has 1 atom stereocenters. The second-order valence-electron chi connectivity index (χ2n) is 9.94. The third kappa shape index (κ3) is 5.25. The zero-order chi connectivity index (χ0) is 29.3. The molecule has 2 heterocycles. The number of ether oxygens (including phenoxy) is 3. The maximum absolute atomic E-state index is 13.7. The van der Waals surface area contributed by atoms with Gasteiger partial charge in [-0.2, -0.15) is 0 Å². The number of fused-ring (bicyclic) bond motifs is 1. The van der Waals surface area contributed by atoms with Crippen molar-refractivity contribution in [1.82, 2.24) is 4.98 Å². The minimum atomic E-state index is -0.957. The highest BCUT2D eigenvalue weighted by Gasteiger charge is 2.48. The van der Waals surface area contributed by atoms with E-state index in [1.54, 1.807) is 42.5 Å². The van der Waals surface area contributed by atoms with Gasteiger partial charge in [-0.25, -0.2) is 4.98 Å². The normalized spacial score (nSPS) is 16.4. The van der Waals surface area contributed by atoms with E-state index in [-0.39, 0.29) is 11.3 Å². The molecule has 9 heteroatoms. The summed E-state index contributed by atoms with van der Waals surface area (Å²) in [5.74, 6) is -0.369. The van der Waals surface area contributed by atoms with Crippen LogP contribution in [0.15, 0.2) is 60.2 Å². The number of aliphatic hydroxyl groups is 1. The Labute approximate surface area is 242 Å². The Morgan fingerprint density at radius 1 is 1.02 bits per heavy atom. The predicted octanol–water partition coefficient (Wildman–Crippen LogP) is 6.74. The molecule has 0 bridgehead atoms. The first-order chi connectivity index (χ1) is 19.8. The summed E-state index contributed by atoms with van der Waals surface area (Å²) in [6, 6.07) is 15.2. The van der Waals surface area contributed by atoms with Crippen molar-refractivity contribution in [2.24, 2.45) is 0 Å². The van der Waals surface area contributed by atoms with Crippen LogP contribution >= 0.6 is 11.3 Å². The summed E-state index contributed by atoms with van der Waals surface area (Å²) < 4.78 is 17.7. The Bertz CT molecular complexity index is 1670. The van der Waals surface area contributed by atoms with Crippen LogP contribution in [-0.4, -0.2) is 42.6 Å². The molecule has 8 nitrogen and oxygen atoms in total. The molecule has 1 aliphatic heterocycles. The van der Waals surface area contributed by atoms with Gasteiger partial charge in [0.25, 0.3) is 5.78 Å². The lowest BCUT2D eigenvalue weighted by Gasteiger charge is -2.23. The van der Waals surface area contributed by atoms with Crippen molar-refractivity contribution in [2.45, 2.75) is 39.7 Å². The number of aromatic nitrogens is 1. The van der Waals surface area contributed by atoms with Gasteiger partial charge in [-0.3, -0.25) is 14.5 Å². The topological polar surface area (TPSA) is 98.2 Å². The van der Waals surface area contributed by atoms with Gasteiger partial charge in [-0.1, -0.05) is 48.9 Å². The number of hydrogen-bond donors (Lipinski definition) is 1. The van der Waals surface area contributed by atoms with Gasteiger partial charge in [0.1, 0.15) is 11.5 Å². The van der Waals surface area contributed by atoms with E-state index in [1.165, 1.54) is 30.5 Å². The summed E-state index contributed by atoms with van der Waals surface area (Å²) in [4.78, 5) is 33.5. The number of hydrogen-bond acceptors (Lipinski definition) is 8. The largest absolute Gasteiger partial charge is 0.507 e. The smallest absolute Gasteiger partial charge is 0.301 e. The molecule has 0 aliphatic carbocycles. The van der Waals surface area contributed by atoms with Gasteiger partial charge < -0.3 is 19.3 Å². The van der Waals surface area contributed by atoms with Crippen molar-refractivity contribution in [3.05, 3.63) is 82.4 Å². The lowest BCUT2D eigenvalue weighted by Crippen LogP contribution is -2.29. The SMILES string of the molecule is CCCCOc1cccc(C(O)=C2C(=O)C(=O)N(c3nc4c(C)cc(C)cc4s3)C2c2ccc(OC)c(OC)c2)c1. The summed E-state index contributed by atoms with van der Waals surface area (Å²) in [6.07, 6.45) is 1.88. The van der Waals surface area contributed by atoms with Gasteiger partial charge in [0.15, 0.2) is 16.6 Å². The zero-order valence-corrected chi connectivity index (χ0v) is 24.5. The van der Waals surface area contributed by atoms with Crippen LogP contribution in [0, 0.1) is 13.8 Å². The Morgan fingerprint density at radius 2 is 1.80 bits per heavy atom. The summed E-state index contributed by atoms with van der Waals surface area (Å²) in [6.45, 7) is 6.58. The number of benzene rings is 3. The van der Waals surface area contributed by atoms with Gasteiger partial charge >= 0.3 is 5.91 Å². The molecule has 212 valence electrons. The van der Waals surface area contributed by atoms with Crippen molar-refractivity contribution >= 4 is 44.1 Å². The first-order valence-electron chi connectivity index (χ1n) is 13.4. The van der Waals surface area contributed by atoms with E-state index in [4.69, 9.17) is 19.2 Å². The highest BCUT2D eigenvalue weighted by atomic mass is 32.1. The van der Waals surface area contributed by atoms with Crippen molar-refractivity contribution in [1.29, 1.82) is 0 Å². The summed E-state index contributed by atoms with van der Waals surface area (Å²) in [7, 11) is 3.05. The van der Waals surface area contributed by atoms with Crippen LogP contribution < -0.4 is 19.1 Å². The molecular weight excluding hydrogens is 540 g/mol. The Balaban J connectivity index is 1.70. The average Bonchev–Trinajstić information content (AvgIpc) is 3.50. The molecule has 1 fully saturated rings. The van der Waals surface area contributed by atoms with Crippen molar-refractivity contribution in [2.75, 3.05) is 25.7 Å². The second-order valence-corrected chi connectivity index (χ2v) is 10.9. The number of carbonyl (C=O) groups excluding carboxylic acids is 2. The highest BCUT2D eigenvalue weighted by molar-refractivity contribution is 7.22. The third-order valence-corrected chi connectivity index (χ3v) is 8.07. The number of carbonyl (C=O) groups is 2. The first kappa shape index (κ1) is 28.2. The highest BCUT2D eigenvalue weighted by Crippen LogP contribution is 2.46. The van der Waals surface area contributed by atoms with Gasteiger partial charge in [-0.15, -0.1) is 0 Å². The predicted molar refractivity (Wildman–Crippen MR) is 160 cm³/mol. The van der Waals surface area contributed by atoms with Gasteiger partial charge in [0, 0.05) is 5.56 Å². The van der Waals surface area contributed by atoms with Crippen LogP contribution in [0.1, 0.15) is 48.1 Å². The quantitative estimate of drug-likeness (QED) is 0.103. The molecule has 1 unspecified atom stereocenters. The summed E-state index contributed by atoms with van der Waals surface area (Å²) in [5.41, 5.74) is 3.70. The lowest BCUT2D eigenvalue weighted by molar-refractivity contribution is -0.132. The van der Waals surface area contributed by atoms with E-state index in [1.807, 2.05) is 26.0 Å². The molecule has 41 heavy (non-hydrogen) atoms. The number of Topliss-reactive ketones (excluding diaryl/α,β-unsaturated/α-hetero) is 1. The number of rotatable bonds is 9. The number of unbranched alkanes of at least 4 members (excludes halogenated alkanes) is 1. The molecule has 5 rings (SSSR count). The molecule has 1 aromatic heterocycles. The number of amides is 1. The Hall–Kier alpha value is -4.37. The minimum Gasteiger partial charge on any atom is -0.507 e. The summed E-state index contributed by atoms with van der Waals surface area (Å²) in [5, 5.41) is 12.0. The van der Waals surface area contributed by atoms with Gasteiger partial charge in [0.2, 0.25) is 0 Å². The molecule has 1 aliphatic rings. The van der Waals surface area contributed by atoms with E-state index in [2.05, 4.69) is 6.92 Å². The number of aryl methyl sites for hydroxylation is 2. The van der Waals surface area contributed by atoms with E-state index in [0.29, 0.717) is 40.1 Å². The summed E-state index contributed by atoms with van der Waals surface area (Å²) >= 11 is 1.33. The van der Waals surface area contributed by atoms with Crippen LogP contribution in [0.2, 0.25) is 0 Å². The zero-order valence-electron chi connectivity index (χ0n) is 23.7. The molecule has 1 saturated heterocycles. The fourth-order valence-electron chi connectivity index (χ4n) is 5.05. The number of aliphatic hydroxyl groups excluding tert-OH is 1. The van der Waals surface area contributed by atoms with Gasteiger partial charge in [-0.05, 0) is 67.3 Å². The number of methoxy groups -OCH3 is 2. The van der Waals surface area contributed by atoms with E-state index in [9.17, 15) is 14.7 Å². The Kier molecular flexibility index (Phi) is 7.99. The van der Waals surface area contributed by atoms with Crippen LogP contribution in [0.4, 0.5) is 5.13 Å². The fourth-order valence-corrected chi connectivity index (χ4v) is 6.22. The number of anilines is 1. The van der Waals surface area contributed by atoms with Crippen molar-refractivity contribution in [3.63, 3.8) is 0 Å². The lowest BCUT2D eigenvalue weighted by atomic mass is 9.95. The Morgan fingerprint density at radius 3 is 2.54 bits per heavy atom. The number of thiazole rings is 1.